The number of carbonyl (C=O) groups excluding carboxylic acids is 1. The highest BCUT2D eigenvalue weighted by molar-refractivity contribution is 7.08. The molecule has 0 unspecified atom stereocenters. The normalized spacial score (nSPS) is 10.7. The zero-order valence-electron chi connectivity index (χ0n) is 14.3. The molecule has 0 saturated heterocycles. The Morgan fingerprint density at radius 2 is 2.04 bits per heavy atom. The minimum atomic E-state index is 0.136. The fourth-order valence-electron chi connectivity index (χ4n) is 2.69. The van der Waals surface area contributed by atoms with Crippen molar-refractivity contribution < 1.29 is 4.79 Å². The molecule has 2 aromatic heterocycles. The maximum absolute atomic E-state index is 12.8. The van der Waals surface area contributed by atoms with Gasteiger partial charge in [-0.3, -0.25) is 9.69 Å². The summed E-state index contributed by atoms with van der Waals surface area (Å²) in [6.45, 7) is 6.98. The van der Waals surface area contributed by atoms with Crippen LogP contribution in [0.4, 0.5) is 5.82 Å². The molecule has 2 aromatic rings. The quantitative estimate of drug-likeness (QED) is 0.644. The summed E-state index contributed by atoms with van der Waals surface area (Å²) in [7, 11) is 0. The van der Waals surface area contributed by atoms with Crippen LogP contribution in [-0.4, -0.2) is 17.4 Å². The molecule has 0 spiro atoms. The van der Waals surface area contributed by atoms with E-state index in [1.807, 2.05) is 40.8 Å². The summed E-state index contributed by atoms with van der Waals surface area (Å²) in [6, 6.07) is 6.08. The molecule has 2 heterocycles. The number of rotatable bonds is 8. The lowest BCUT2D eigenvalue weighted by molar-refractivity contribution is -0.118. The van der Waals surface area contributed by atoms with E-state index >= 15 is 0 Å². The Kier molecular flexibility index (Phi) is 6.78. The van der Waals surface area contributed by atoms with E-state index in [4.69, 9.17) is 0 Å². The highest BCUT2D eigenvalue weighted by atomic mass is 32.1. The lowest BCUT2D eigenvalue weighted by atomic mass is 10.1. The van der Waals surface area contributed by atoms with Gasteiger partial charge < -0.3 is 0 Å². The van der Waals surface area contributed by atoms with Gasteiger partial charge in [-0.15, -0.1) is 0 Å². The minimum Gasteiger partial charge on any atom is -0.297 e. The second-order valence-corrected chi connectivity index (χ2v) is 6.84. The summed E-state index contributed by atoms with van der Waals surface area (Å²) in [6.07, 6.45) is 5.05. The number of thiophene rings is 1. The van der Waals surface area contributed by atoms with Crippen molar-refractivity contribution in [1.29, 1.82) is 0 Å². The van der Waals surface area contributed by atoms with E-state index < -0.39 is 0 Å². The maximum Gasteiger partial charge on any atom is 0.232 e. The van der Waals surface area contributed by atoms with Crippen molar-refractivity contribution >= 4 is 23.1 Å². The molecule has 0 radical (unpaired) electrons. The van der Waals surface area contributed by atoms with Crippen molar-refractivity contribution in [1.82, 2.24) is 4.98 Å². The topological polar surface area (TPSA) is 33.2 Å². The van der Waals surface area contributed by atoms with E-state index in [9.17, 15) is 4.79 Å². The van der Waals surface area contributed by atoms with E-state index in [2.05, 4.69) is 18.8 Å². The standard InChI is InChI=1S/C19H26N2OS/c1-4-5-6-7-9-21(18-12-15(2)11-16(3)20-18)19(22)13-17-8-10-23-14-17/h8,10-12,14H,4-7,9,13H2,1-3H3. The number of anilines is 1. The van der Waals surface area contributed by atoms with Gasteiger partial charge in [-0.25, -0.2) is 4.98 Å². The predicted octanol–water partition coefficient (Wildman–Crippen LogP) is 4.92. The number of pyridine rings is 1. The minimum absolute atomic E-state index is 0.136. The predicted molar refractivity (Wildman–Crippen MR) is 98.2 cm³/mol. The number of hydrogen-bond acceptors (Lipinski definition) is 3. The Morgan fingerprint density at radius 1 is 1.22 bits per heavy atom. The van der Waals surface area contributed by atoms with E-state index in [1.54, 1.807) is 11.3 Å². The Balaban J connectivity index is 2.14. The summed E-state index contributed by atoms with van der Waals surface area (Å²) in [5, 5.41) is 4.06. The van der Waals surface area contributed by atoms with Gasteiger partial charge in [0.15, 0.2) is 0 Å². The Bertz CT molecular complexity index is 602. The van der Waals surface area contributed by atoms with Gasteiger partial charge in [-0.2, -0.15) is 11.3 Å². The van der Waals surface area contributed by atoms with Crippen LogP contribution in [0.25, 0.3) is 0 Å². The number of aromatic nitrogens is 1. The van der Waals surface area contributed by atoms with Crippen molar-refractivity contribution in [3.05, 3.63) is 45.8 Å². The SMILES string of the molecule is CCCCCCN(C(=O)Cc1ccsc1)c1cc(C)cc(C)n1. The average molecular weight is 330 g/mol. The van der Waals surface area contributed by atoms with E-state index in [0.29, 0.717) is 6.42 Å². The Hall–Kier alpha value is -1.68. The zero-order chi connectivity index (χ0) is 16.7. The summed E-state index contributed by atoms with van der Waals surface area (Å²) >= 11 is 1.63. The number of amides is 1. The molecule has 23 heavy (non-hydrogen) atoms. The first-order chi connectivity index (χ1) is 11.1. The molecule has 0 bridgehead atoms. The summed E-state index contributed by atoms with van der Waals surface area (Å²) in [5.41, 5.74) is 3.19. The smallest absolute Gasteiger partial charge is 0.232 e. The number of hydrogen-bond donors (Lipinski definition) is 0. The maximum atomic E-state index is 12.8. The van der Waals surface area contributed by atoms with Crippen molar-refractivity contribution in [2.45, 2.75) is 52.9 Å². The molecule has 0 aromatic carbocycles. The van der Waals surface area contributed by atoms with Gasteiger partial charge in [-0.1, -0.05) is 26.2 Å². The number of nitrogens with zero attached hydrogens (tertiary/aromatic N) is 2. The monoisotopic (exact) mass is 330 g/mol. The highest BCUT2D eigenvalue weighted by Gasteiger charge is 2.18. The molecule has 1 amide bonds. The number of carbonyl (C=O) groups is 1. The first kappa shape index (κ1) is 17.7. The van der Waals surface area contributed by atoms with Crippen LogP contribution in [-0.2, 0) is 11.2 Å². The molecule has 0 fully saturated rings. The molecular weight excluding hydrogens is 304 g/mol. The van der Waals surface area contributed by atoms with Gasteiger partial charge in [0.25, 0.3) is 0 Å². The summed E-state index contributed by atoms with van der Waals surface area (Å²) < 4.78 is 0. The van der Waals surface area contributed by atoms with Gasteiger partial charge in [0.05, 0.1) is 6.42 Å². The molecule has 0 saturated carbocycles. The fraction of sp³-hybridized carbons (Fsp3) is 0.474. The van der Waals surface area contributed by atoms with Gasteiger partial charge in [0.1, 0.15) is 5.82 Å². The number of aryl methyl sites for hydroxylation is 2. The van der Waals surface area contributed by atoms with Crippen LogP contribution in [0.15, 0.2) is 29.0 Å². The largest absolute Gasteiger partial charge is 0.297 e. The van der Waals surface area contributed by atoms with Crippen LogP contribution in [0.2, 0.25) is 0 Å². The van der Waals surface area contributed by atoms with Crippen LogP contribution in [0.1, 0.15) is 49.4 Å². The number of unbranched alkanes of at least 4 members (excludes halogenated alkanes) is 3. The van der Waals surface area contributed by atoms with Gasteiger partial charge in [-0.05, 0) is 60.4 Å². The van der Waals surface area contributed by atoms with E-state index in [0.717, 1.165) is 42.0 Å². The summed E-state index contributed by atoms with van der Waals surface area (Å²) in [5.74, 6) is 0.927. The van der Waals surface area contributed by atoms with Crippen LogP contribution < -0.4 is 4.90 Å². The molecule has 4 heteroatoms. The summed E-state index contributed by atoms with van der Waals surface area (Å²) in [4.78, 5) is 19.2. The Labute approximate surface area is 143 Å². The molecule has 3 nitrogen and oxygen atoms in total. The lowest BCUT2D eigenvalue weighted by Crippen LogP contribution is -2.34. The molecular formula is C19H26N2OS. The van der Waals surface area contributed by atoms with Gasteiger partial charge in [0.2, 0.25) is 5.91 Å². The Morgan fingerprint density at radius 3 is 2.70 bits per heavy atom. The average Bonchev–Trinajstić information content (AvgIpc) is 2.99. The van der Waals surface area contributed by atoms with E-state index in [1.165, 1.54) is 12.8 Å². The second-order valence-electron chi connectivity index (χ2n) is 6.06. The third kappa shape index (κ3) is 5.47. The highest BCUT2D eigenvalue weighted by Crippen LogP contribution is 2.18. The van der Waals surface area contributed by atoms with Gasteiger partial charge >= 0.3 is 0 Å². The van der Waals surface area contributed by atoms with Crippen molar-refractivity contribution in [2.24, 2.45) is 0 Å². The van der Waals surface area contributed by atoms with Crippen LogP contribution in [0, 0.1) is 13.8 Å². The van der Waals surface area contributed by atoms with Crippen LogP contribution in [0.3, 0.4) is 0 Å². The first-order valence-corrected chi connectivity index (χ1v) is 9.31. The van der Waals surface area contributed by atoms with Crippen molar-refractivity contribution in [3.63, 3.8) is 0 Å². The molecule has 2 rings (SSSR count). The molecule has 0 aliphatic heterocycles. The van der Waals surface area contributed by atoms with Crippen molar-refractivity contribution in [2.75, 3.05) is 11.4 Å². The van der Waals surface area contributed by atoms with E-state index in [-0.39, 0.29) is 5.91 Å². The molecule has 0 N–H and O–H groups in total. The van der Waals surface area contributed by atoms with Gasteiger partial charge in [0, 0.05) is 12.2 Å². The fourth-order valence-corrected chi connectivity index (χ4v) is 3.35. The van der Waals surface area contributed by atoms with Crippen molar-refractivity contribution in [3.8, 4) is 0 Å². The molecule has 0 atom stereocenters. The molecule has 124 valence electrons. The molecule has 0 aliphatic rings. The molecule has 0 aliphatic carbocycles. The zero-order valence-corrected chi connectivity index (χ0v) is 15.2. The lowest BCUT2D eigenvalue weighted by Gasteiger charge is -2.22. The third-order valence-corrected chi connectivity index (χ3v) is 4.56. The first-order valence-electron chi connectivity index (χ1n) is 8.37. The third-order valence-electron chi connectivity index (χ3n) is 3.83. The second kappa shape index (κ2) is 8.82. The van der Waals surface area contributed by atoms with Crippen LogP contribution >= 0.6 is 11.3 Å². The van der Waals surface area contributed by atoms with Crippen LogP contribution in [0.5, 0.6) is 0 Å².